The lowest BCUT2D eigenvalue weighted by Gasteiger charge is -2.17. The van der Waals surface area contributed by atoms with Gasteiger partial charge in [-0.25, -0.2) is 0 Å². The van der Waals surface area contributed by atoms with Gasteiger partial charge in [-0.05, 0) is 23.3 Å². The summed E-state index contributed by atoms with van der Waals surface area (Å²) >= 11 is 1.38. The van der Waals surface area contributed by atoms with Gasteiger partial charge < -0.3 is 14.6 Å². The average Bonchev–Trinajstić information content (AvgIpc) is 3.17. The van der Waals surface area contributed by atoms with E-state index in [-0.39, 0.29) is 5.91 Å². The largest absolute Gasteiger partial charge is 0.497 e. The fraction of sp³-hybridized carbons (Fsp3) is 0.160. The summed E-state index contributed by atoms with van der Waals surface area (Å²) in [6, 6.07) is 27.2. The number of hydrogen-bond acceptors (Lipinski definition) is 5. The molecule has 1 N–H and O–H groups in total. The molecular weight excluding hydrogens is 420 g/mol. The van der Waals surface area contributed by atoms with Crippen LogP contribution in [0.25, 0.3) is 0 Å². The molecule has 1 heterocycles. The molecule has 0 spiro atoms. The molecule has 0 saturated carbocycles. The van der Waals surface area contributed by atoms with Crippen LogP contribution < -0.4 is 10.1 Å². The van der Waals surface area contributed by atoms with Gasteiger partial charge in [0, 0.05) is 25.2 Å². The molecular formula is C25H24N4O2S. The van der Waals surface area contributed by atoms with Gasteiger partial charge in [-0.3, -0.25) is 4.79 Å². The molecule has 0 aliphatic heterocycles. The highest BCUT2D eigenvalue weighted by Crippen LogP contribution is 2.35. The second-order valence-electron chi connectivity index (χ2n) is 7.25. The molecule has 3 aromatic carbocycles. The van der Waals surface area contributed by atoms with Crippen molar-refractivity contribution in [2.75, 3.05) is 12.4 Å². The quantitative estimate of drug-likeness (QED) is 0.392. The van der Waals surface area contributed by atoms with E-state index in [4.69, 9.17) is 4.74 Å². The van der Waals surface area contributed by atoms with Crippen LogP contribution in [0.2, 0.25) is 0 Å². The number of hydrogen-bond donors (Lipinski definition) is 1. The third kappa shape index (κ3) is 5.18. The van der Waals surface area contributed by atoms with Gasteiger partial charge in [-0.15, -0.1) is 10.2 Å². The molecule has 1 aromatic heterocycles. The number of aromatic nitrogens is 3. The number of thioether (sulfide) groups is 1. The van der Waals surface area contributed by atoms with E-state index in [1.54, 1.807) is 13.2 Å². The van der Waals surface area contributed by atoms with Crippen molar-refractivity contribution in [2.24, 2.45) is 7.05 Å². The zero-order valence-corrected chi connectivity index (χ0v) is 18.8. The van der Waals surface area contributed by atoms with Gasteiger partial charge in [0.25, 0.3) is 0 Å². The number of nitrogens with zero attached hydrogens (tertiary/aromatic N) is 3. The van der Waals surface area contributed by atoms with Gasteiger partial charge in [0.2, 0.25) is 5.91 Å². The van der Waals surface area contributed by atoms with E-state index >= 15 is 0 Å². The number of anilines is 1. The van der Waals surface area contributed by atoms with Crippen molar-refractivity contribution in [1.29, 1.82) is 0 Å². The van der Waals surface area contributed by atoms with Gasteiger partial charge >= 0.3 is 0 Å². The van der Waals surface area contributed by atoms with Crippen LogP contribution in [0.1, 0.15) is 22.2 Å². The van der Waals surface area contributed by atoms with Crippen molar-refractivity contribution >= 4 is 23.4 Å². The number of carbonyl (C=O) groups excluding carboxylic acids is 1. The summed E-state index contributed by atoms with van der Waals surface area (Å²) in [5.41, 5.74) is 2.74. The molecule has 0 saturated heterocycles. The smallest absolute Gasteiger partial charge is 0.242 e. The van der Waals surface area contributed by atoms with Crippen molar-refractivity contribution in [2.45, 2.75) is 16.8 Å². The van der Waals surface area contributed by atoms with Gasteiger partial charge in [0.05, 0.1) is 7.11 Å². The molecule has 0 aliphatic rings. The summed E-state index contributed by atoms with van der Waals surface area (Å²) in [4.78, 5) is 13.3. The first kappa shape index (κ1) is 21.6. The van der Waals surface area contributed by atoms with Crippen LogP contribution in [-0.2, 0) is 18.3 Å². The highest BCUT2D eigenvalue weighted by atomic mass is 32.2. The minimum absolute atomic E-state index is 0.137. The van der Waals surface area contributed by atoms with Crippen LogP contribution in [-0.4, -0.2) is 27.8 Å². The Hall–Kier alpha value is -3.58. The molecule has 0 fully saturated rings. The average molecular weight is 445 g/mol. The van der Waals surface area contributed by atoms with E-state index in [2.05, 4.69) is 27.6 Å². The fourth-order valence-corrected chi connectivity index (χ4v) is 4.32. The topological polar surface area (TPSA) is 69.0 Å². The normalized spacial score (nSPS) is 11.7. The molecule has 0 bridgehead atoms. The van der Waals surface area contributed by atoms with E-state index in [1.165, 1.54) is 11.8 Å². The third-order valence-corrected chi connectivity index (χ3v) is 6.32. The van der Waals surface area contributed by atoms with E-state index in [1.807, 2.05) is 78.3 Å². The minimum atomic E-state index is -0.491. The Bertz CT molecular complexity index is 1180. The lowest BCUT2D eigenvalue weighted by Crippen LogP contribution is -2.19. The molecule has 4 aromatic rings. The summed E-state index contributed by atoms with van der Waals surface area (Å²) in [6.07, 6.45) is 0.677. The standard InChI is InChI=1S/C25H24N4O2S/c1-29-22(16-18-10-5-3-6-11-18)27-28-25(29)32-23(19-12-7-4-8-13-19)24(30)26-20-14-9-15-21(17-20)31-2/h3-15,17,23H,16H2,1-2H3,(H,26,30). The number of ether oxygens (including phenoxy) is 1. The number of benzene rings is 3. The Labute approximate surface area is 191 Å². The monoisotopic (exact) mass is 444 g/mol. The van der Waals surface area contributed by atoms with Crippen molar-refractivity contribution < 1.29 is 9.53 Å². The SMILES string of the molecule is COc1cccc(NC(=O)C(Sc2nnc(Cc3ccccc3)n2C)c2ccccc2)c1. The zero-order valence-electron chi connectivity index (χ0n) is 17.9. The molecule has 1 unspecified atom stereocenters. The maximum Gasteiger partial charge on any atom is 0.242 e. The van der Waals surface area contributed by atoms with Crippen LogP contribution >= 0.6 is 11.8 Å². The molecule has 162 valence electrons. The Morgan fingerprint density at radius 3 is 2.44 bits per heavy atom. The summed E-state index contributed by atoms with van der Waals surface area (Å²) in [5.74, 6) is 1.39. The van der Waals surface area contributed by atoms with Crippen LogP contribution in [0, 0.1) is 0 Å². The van der Waals surface area contributed by atoms with Crippen molar-refractivity contribution in [3.05, 3.63) is 102 Å². The minimum Gasteiger partial charge on any atom is -0.497 e. The number of methoxy groups -OCH3 is 1. The first-order chi connectivity index (χ1) is 15.6. The summed E-state index contributed by atoms with van der Waals surface area (Å²) < 4.78 is 7.22. The fourth-order valence-electron chi connectivity index (χ4n) is 3.29. The highest BCUT2D eigenvalue weighted by Gasteiger charge is 2.25. The van der Waals surface area contributed by atoms with Crippen LogP contribution in [0.3, 0.4) is 0 Å². The molecule has 0 radical (unpaired) electrons. The van der Waals surface area contributed by atoms with Gasteiger partial charge in [-0.2, -0.15) is 0 Å². The first-order valence-electron chi connectivity index (χ1n) is 10.2. The van der Waals surface area contributed by atoms with Gasteiger partial charge in [0.1, 0.15) is 16.8 Å². The number of amides is 1. The Morgan fingerprint density at radius 2 is 1.72 bits per heavy atom. The van der Waals surface area contributed by atoms with Crippen LogP contribution in [0.5, 0.6) is 5.75 Å². The maximum atomic E-state index is 13.3. The molecule has 4 rings (SSSR count). The number of carbonyl (C=O) groups is 1. The second-order valence-corrected chi connectivity index (χ2v) is 8.32. The zero-order chi connectivity index (χ0) is 22.3. The van der Waals surface area contributed by atoms with Crippen molar-refractivity contribution in [3.8, 4) is 5.75 Å². The predicted molar refractivity (Wildman–Crippen MR) is 127 cm³/mol. The Kier molecular flexibility index (Phi) is 6.87. The third-order valence-electron chi connectivity index (χ3n) is 5.03. The van der Waals surface area contributed by atoms with E-state index < -0.39 is 5.25 Å². The van der Waals surface area contributed by atoms with Crippen LogP contribution in [0.15, 0.2) is 90.1 Å². The molecule has 1 amide bonds. The Morgan fingerprint density at radius 1 is 1.00 bits per heavy atom. The van der Waals surface area contributed by atoms with Crippen LogP contribution in [0.4, 0.5) is 5.69 Å². The summed E-state index contributed by atoms with van der Waals surface area (Å²) in [7, 11) is 3.54. The summed E-state index contributed by atoms with van der Waals surface area (Å²) in [5, 5.41) is 11.9. The predicted octanol–water partition coefficient (Wildman–Crippen LogP) is 4.89. The number of rotatable bonds is 8. The molecule has 7 heteroatoms. The molecule has 32 heavy (non-hydrogen) atoms. The molecule has 1 atom stereocenters. The lowest BCUT2D eigenvalue weighted by molar-refractivity contribution is -0.115. The lowest BCUT2D eigenvalue weighted by atomic mass is 10.1. The van der Waals surface area contributed by atoms with E-state index in [0.717, 1.165) is 17.0 Å². The highest BCUT2D eigenvalue weighted by molar-refractivity contribution is 8.00. The van der Waals surface area contributed by atoms with E-state index in [0.29, 0.717) is 23.0 Å². The van der Waals surface area contributed by atoms with Gasteiger partial charge in [-0.1, -0.05) is 78.5 Å². The molecule has 0 aliphatic carbocycles. The first-order valence-corrected chi connectivity index (χ1v) is 11.1. The molecule has 6 nitrogen and oxygen atoms in total. The Balaban J connectivity index is 1.57. The maximum absolute atomic E-state index is 13.3. The van der Waals surface area contributed by atoms with Crippen molar-refractivity contribution in [3.63, 3.8) is 0 Å². The van der Waals surface area contributed by atoms with E-state index in [9.17, 15) is 4.79 Å². The summed E-state index contributed by atoms with van der Waals surface area (Å²) in [6.45, 7) is 0. The second kappa shape index (κ2) is 10.2. The van der Waals surface area contributed by atoms with Crippen molar-refractivity contribution in [1.82, 2.24) is 14.8 Å². The number of nitrogens with one attached hydrogen (secondary N) is 1. The van der Waals surface area contributed by atoms with Gasteiger partial charge in [0.15, 0.2) is 5.16 Å².